The average Bonchev–Trinajstić information content (AvgIpc) is 3.24. The predicted molar refractivity (Wildman–Crippen MR) is 156 cm³/mol. The third kappa shape index (κ3) is 5.13. The summed E-state index contributed by atoms with van der Waals surface area (Å²) in [7, 11) is 0. The van der Waals surface area contributed by atoms with Gasteiger partial charge >= 0.3 is 5.97 Å². The zero-order valence-corrected chi connectivity index (χ0v) is 23.1. The maximum absolute atomic E-state index is 13.2. The lowest BCUT2D eigenvalue weighted by molar-refractivity contribution is -0.122. The van der Waals surface area contributed by atoms with E-state index >= 15 is 0 Å². The summed E-state index contributed by atoms with van der Waals surface area (Å²) in [5.41, 5.74) is 2.91. The van der Waals surface area contributed by atoms with Crippen LogP contribution in [0.3, 0.4) is 0 Å². The number of hydrogen-bond acceptors (Lipinski definition) is 6. The molecule has 41 heavy (non-hydrogen) atoms. The Morgan fingerprint density at radius 1 is 0.927 bits per heavy atom. The smallest absolute Gasteiger partial charge is 0.339 e. The number of carbonyl (C=O) groups is 4. The number of amides is 2. The van der Waals surface area contributed by atoms with Crippen molar-refractivity contribution in [2.45, 2.75) is 26.2 Å². The third-order valence-corrected chi connectivity index (χ3v) is 8.26. The second kappa shape index (κ2) is 10.9. The molecule has 1 saturated heterocycles. The number of aromatic nitrogens is 1. The number of imide groups is 1. The minimum absolute atomic E-state index is 0.129. The summed E-state index contributed by atoms with van der Waals surface area (Å²) >= 11 is 6.22. The van der Waals surface area contributed by atoms with Gasteiger partial charge in [0.15, 0.2) is 12.4 Å². The molecule has 2 amide bonds. The lowest BCUT2D eigenvalue weighted by Crippen LogP contribution is -2.30. The van der Waals surface area contributed by atoms with Gasteiger partial charge in [0.25, 0.3) is 0 Å². The Morgan fingerprint density at radius 3 is 2.41 bits per heavy atom. The first-order chi connectivity index (χ1) is 19.8. The molecule has 2 heterocycles. The maximum atomic E-state index is 13.2. The number of Topliss-reactive ketones (excluding diaryl/α,β-unsaturated/α-hetero) is 1. The summed E-state index contributed by atoms with van der Waals surface area (Å²) in [5, 5.41) is 0.931. The molecule has 0 radical (unpaired) electrons. The van der Waals surface area contributed by atoms with Crippen molar-refractivity contribution in [1.82, 2.24) is 4.98 Å². The van der Waals surface area contributed by atoms with E-state index in [1.807, 2.05) is 0 Å². The molecule has 0 spiro atoms. The monoisotopic (exact) mass is 566 g/mol. The molecule has 1 saturated carbocycles. The molecular formula is C33H27ClN2O5. The van der Waals surface area contributed by atoms with Crippen molar-refractivity contribution in [2.24, 2.45) is 17.8 Å². The van der Waals surface area contributed by atoms with Gasteiger partial charge in [0, 0.05) is 21.5 Å². The first-order valence-electron chi connectivity index (χ1n) is 13.6. The van der Waals surface area contributed by atoms with Gasteiger partial charge < -0.3 is 4.74 Å². The molecule has 0 bridgehead atoms. The number of carbonyl (C=O) groups excluding carboxylic acids is 4. The third-order valence-electron chi connectivity index (χ3n) is 8.03. The van der Waals surface area contributed by atoms with Crippen molar-refractivity contribution in [1.29, 1.82) is 0 Å². The Balaban J connectivity index is 1.28. The SMILES string of the molecule is CC1CCC2C(=O)N(c3ccc(-c4cc(C(=O)OCC(=O)c5ccccc5)c5cc(Cl)ccc5n4)cc3)C(=O)C2C1. The van der Waals surface area contributed by atoms with E-state index in [4.69, 9.17) is 21.3 Å². The molecule has 1 aliphatic heterocycles. The van der Waals surface area contributed by atoms with Crippen LogP contribution in [-0.4, -0.2) is 35.2 Å². The van der Waals surface area contributed by atoms with E-state index in [2.05, 4.69) is 6.92 Å². The fourth-order valence-corrected chi connectivity index (χ4v) is 6.03. The van der Waals surface area contributed by atoms with Crippen LogP contribution in [0, 0.1) is 17.8 Å². The Labute approximate surface area is 242 Å². The predicted octanol–water partition coefficient (Wildman–Crippen LogP) is 6.52. The second-order valence-electron chi connectivity index (χ2n) is 10.8. The molecule has 3 aromatic carbocycles. The van der Waals surface area contributed by atoms with Gasteiger partial charge in [-0.05, 0) is 61.6 Å². The molecule has 3 atom stereocenters. The molecule has 8 heteroatoms. The van der Waals surface area contributed by atoms with E-state index in [0.717, 1.165) is 19.3 Å². The minimum Gasteiger partial charge on any atom is -0.454 e. The van der Waals surface area contributed by atoms with E-state index in [1.165, 1.54) is 4.90 Å². The highest BCUT2D eigenvalue weighted by Crippen LogP contribution is 2.42. The fourth-order valence-electron chi connectivity index (χ4n) is 5.86. The topological polar surface area (TPSA) is 93.6 Å². The summed E-state index contributed by atoms with van der Waals surface area (Å²) in [6, 6.07) is 22.3. The number of esters is 1. The Bertz CT molecular complexity index is 1690. The zero-order valence-electron chi connectivity index (χ0n) is 22.4. The molecular weight excluding hydrogens is 540 g/mol. The van der Waals surface area contributed by atoms with Crippen LogP contribution in [0.15, 0.2) is 78.9 Å². The van der Waals surface area contributed by atoms with Crippen molar-refractivity contribution in [3.05, 3.63) is 95.0 Å². The van der Waals surface area contributed by atoms with Gasteiger partial charge in [-0.25, -0.2) is 9.78 Å². The number of fused-ring (bicyclic) bond motifs is 2. The van der Waals surface area contributed by atoms with Crippen molar-refractivity contribution in [2.75, 3.05) is 11.5 Å². The molecule has 1 aliphatic carbocycles. The Kier molecular flexibility index (Phi) is 7.14. The lowest BCUT2D eigenvalue weighted by Gasteiger charge is -2.25. The van der Waals surface area contributed by atoms with Gasteiger partial charge in [0.05, 0.1) is 34.3 Å². The highest BCUT2D eigenvalue weighted by molar-refractivity contribution is 6.31. The first-order valence-corrected chi connectivity index (χ1v) is 14.0. The molecule has 4 aromatic rings. The number of halogens is 1. The average molecular weight is 567 g/mol. The van der Waals surface area contributed by atoms with Gasteiger partial charge in [-0.15, -0.1) is 0 Å². The van der Waals surface area contributed by atoms with Crippen LogP contribution in [-0.2, 0) is 14.3 Å². The van der Waals surface area contributed by atoms with E-state index in [0.29, 0.717) is 44.4 Å². The van der Waals surface area contributed by atoms with E-state index in [1.54, 1.807) is 78.9 Å². The molecule has 6 rings (SSSR count). The molecule has 206 valence electrons. The van der Waals surface area contributed by atoms with Crippen LogP contribution in [0.4, 0.5) is 5.69 Å². The van der Waals surface area contributed by atoms with Crippen molar-refractivity contribution in [3.8, 4) is 11.3 Å². The molecule has 0 N–H and O–H groups in total. The molecule has 2 aliphatic rings. The first kappa shape index (κ1) is 26.8. The molecule has 1 aromatic heterocycles. The number of nitrogens with zero attached hydrogens (tertiary/aromatic N) is 2. The summed E-state index contributed by atoms with van der Waals surface area (Å²) in [5.74, 6) is -1.30. The van der Waals surface area contributed by atoms with Gasteiger partial charge in [-0.2, -0.15) is 0 Å². The van der Waals surface area contributed by atoms with E-state index < -0.39 is 12.6 Å². The standard InChI is InChI=1S/C33H27ClN2O5/c1-19-7-13-24-26(15-19)32(39)36(31(24)38)23-11-8-20(9-12-23)29-17-27(25-16-22(34)10-14-28(25)35-29)33(40)41-18-30(37)21-5-3-2-4-6-21/h2-6,8-12,14,16-17,19,24,26H,7,13,15,18H2,1H3. The van der Waals surface area contributed by atoms with Gasteiger partial charge in [0.1, 0.15) is 0 Å². The molecule has 3 unspecified atom stereocenters. The fraction of sp³-hybridized carbons (Fsp3) is 0.242. The van der Waals surface area contributed by atoms with Crippen molar-refractivity contribution >= 4 is 51.8 Å². The molecule has 7 nitrogen and oxygen atoms in total. The largest absolute Gasteiger partial charge is 0.454 e. The highest BCUT2D eigenvalue weighted by atomic mass is 35.5. The summed E-state index contributed by atoms with van der Waals surface area (Å²) in [6.45, 7) is 1.72. The van der Waals surface area contributed by atoms with Crippen LogP contribution in [0.5, 0.6) is 0 Å². The number of hydrogen-bond donors (Lipinski definition) is 0. The number of anilines is 1. The molecule has 2 fully saturated rings. The van der Waals surface area contributed by atoms with Crippen molar-refractivity contribution in [3.63, 3.8) is 0 Å². The summed E-state index contributed by atoms with van der Waals surface area (Å²) < 4.78 is 5.41. The van der Waals surface area contributed by atoms with Gasteiger partial charge in [0.2, 0.25) is 11.8 Å². The minimum atomic E-state index is -0.674. The Hall–Kier alpha value is -4.36. The second-order valence-corrected chi connectivity index (χ2v) is 11.2. The van der Waals surface area contributed by atoms with Crippen LogP contribution in [0.2, 0.25) is 5.02 Å². The Morgan fingerprint density at radius 2 is 1.66 bits per heavy atom. The van der Waals surface area contributed by atoms with Gasteiger partial charge in [-0.3, -0.25) is 19.3 Å². The number of ketones is 1. The quantitative estimate of drug-likeness (QED) is 0.150. The highest BCUT2D eigenvalue weighted by Gasteiger charge is 2.49. The number of benzene rings is 3. The van der Waals surface area contributed by atoms with Crippen LogP contribution >= 0.6 is 11.6 Å². The number of rotatable bonds is 6. The normalized spacial score (nSPS) is 20.2. The number of ether oxygens (including phenoxy) is 1. The van der Waals surface area contributed by atoms with E-state index in [9.17, 15) is 19.2 Å². The summed E-state index contributed by atoms with van der Waals surface area (Å²) in [4.78, 5) is 58.0. The zero-order chi connectivity index (χ0) is 28.7. The lowest BCUT2D eigenvalue weighted by atomic mass is 9.76. The van der Waals surface area contributed by atoms with E-state index in [-0.39, 0.29) is 35.0 Å². The van der Waals surface area contributed by atoms with Crippen molar-refractivity contribution < 1.29 is 23.9 Å². The van der Waals surface area contributed by atoms with Crippen LogP contribution in [0.1, 0.15) is 46.9 Å². The maximum Gasteiger partial charge on any atom is 0.339 e. The number of pyridine rings is 1. The summed E-state index contributed by atoms with van der Waals surface area (Å²) in [6.07, 6.45) is 2.44. The van der Waals surface area contributed by atoms with Crippen LogP contribution in [0.25, 0.3) is 22.2 Å². The van der Waals surface area contributed by atoms with Gasteiger partial charge in [-0.1, -0.05) is 61.0 Å². The van der Waals surface area contributed by atoms with Crippen LogP contribution < -0.4 is 4.90 Å².